The minimum atomic E-state index is -0.148. The maximum atomic E-state index is 12.9. The molecule has 0 spiro atoms. The lowest BCUT2D eigenvalue weighted by atomic mass is 10.1. The standard InChI is InChI=1S/C14H23FN2/c1-3-17(4-2)11-10-16-9-8-13-6-5-7-14(15)12-13/h5-7,12,16H,3-4,8-11H2,1-2H3. The van der Waals surface area contributed by atoms with Crippen molar-refractivity contribution in [1.29, 1.82) is 0 Å². The predicted octanol–water partition coefficient (Wildman–Crippen LogP) is 2.30. The molecule has 0 aliphatic rings. The van der Waals surface area contributed by atoms with Crippen molar-refractivity contribution >= 4 is 0 Å². The monoisotopic (exact) mass is 238 g/mol. The van der Waals surface area contributed by atoms with Gasteiger partial charge in [-0.1, -0.05) is 26.0 Å². The van der Waals surface area contributed by atoms with Gasteiger partial charge in [0.15, 0.2) is 0 Å². The minimum Gasteiger partial charge on any atom is -0.315 e. The molecule has 0 atom stereocenters. The second kappa shape index (κ2) is 8.20. The highest BCUT2D eigenvalue weighted by molar-refractivity contribution is 5.16. The normalized spacial score (nSPS) is 11.1. The Morgan fingerprint density at radius 1 is 1.18 bits per heavy atom. The highest BCUT2D eigenvalue weighted by Crippen LogP contribution is 2.03. The zero-order valence-electron chi connectivity index (χ0n) is 10.9. The fourth-order valence-corrected chi connectivity index (χ4v) is 1.83. The first-order valence-corrected chi connectivity index (χ1v) is 6.43. The van der Waals surface area contributed by atoms with Gasteiger partial charge in [-0.25, -0.2) is 4.39 Å². The van der Waals surface area contributed by atoms with E-state index in [9.17, 15) is 4.39 Å². The lowest BCUT2D eigenvalue weighted by molar-refractivity contribution is 0.303. The highest BCUT2D eigenvalue weighted by Gasteiger charge is 1.98. The molecule has 0 unspecified atom stereocenters. The molecule has 0 saturated heterocycles. The molecule has 0 radical (unpaired) electrons. The van der Waals surface area contributed by atoms with Crippen LogP contribution in [0.4, 0.5) is 4.39 Å². The first-order valence-electron chi connectivity index (χ1n) is 6.43. The summed E-state index contributed by atoms with van der Waals surface area (Å²) >= 11 is 0. The third kappa shape index (κ3) is 5.80. The molecule has 0 amide bonds. The summed E-state index contributed by atoms with van der Waals surface area (Å²) in [4.78, 5) is 2.38. The Bertz CT molecular complexity index is 311. The lowest BCUT2D eigenvalue weighted by Gasteiger charge is -2.17. The lowest BCUT2D eigenvalue weighted by Crippen LogP contribution is -2.32. The molecule has 0 heterocycles. The van der Waals surface area contributed by atoms with Gasteiger partial charge in [-0.05, 0) is 43.8 Å². The number of hydrogen-bond acceptors (Lipinski definition) is 2. The number of likely N-dealkylation sites (N-methyl/N-ethyl adjacent to an activating group) is 1. The summed E-state index contributed by atoms with van der Waals surface area (Å²) in [5.74, 6) is -0.148. The Morgan fingerprint density at radius 2 is 1.94 bits per heavy atom. The van der Waals surface area contributed by atoms with E-state index in [4.69, 9.17) is 0 Å². The second-order valence-electron chi connectivity index (χ2n) is 4.16. The SMILES string of the molecule is CCN(CC)CCNCCc1cccc(F)c1. The van der Waals surface area contributed by atoms with E-state index in [1.807, 2.05) is 6.07 Å². The number of benzene rings is 1. The molecule has 2 nitrogen and oxygen atoms in total. The van der Waals surface area contributed by atoms with E-state index in [0.29, 0.717) is 0 Å². The van der Waals surface area contributed by atoms with Gasteiger partial charge in [0.05, 0.1) is 0 Å². The van der Waals surface area contributed by atoms with Gasteiger partial charge >= 0.3 is 0 Å². The summed E-state index contributed by atoms with van der Waals surface area (Å²) in [6.07, 6.45) is 0.885. The fourth-order valence-electron chi connectivity index (χ4n) is 1.83. The summed E-state index contributed by atoms with van der Waals surface area (Å²) in [5, 5.41) is 3.39. The quantitative estimate of drug-likeness (QED) is 0.699. The molecule has 0 aliphatic carbocycles. The average molecular weight is 238 g/mol. The Kier molecular flexibility index (Phi) is 6.82. The molecule has 0 saturated carbocycles. The van der Waals surface area contributed by atoms with Gasteiger partial charge in [0, 0.05) is 13.1 Å². The topological polar surface area (TPSA) is 15.3 Å². The van der Waals surface area contributed by atoms with E-state index in [-0.39, 0.29) is 5.82 Å². The van der Waals surface area contributed by atoms with Crippen LogP contribution < -0.4 is 5.32 Å². The second-order valence-corrected chi connectivity index (χ2v) is 4.16. The zero-order chi connectivity index (χ0) is 12.5. The Balaban J connectivity index is 2.12. The number of nitrogens with zero attached hydrogens (tertiary/aromatic N) is 1. The average Bonchev–Trinajstić information content (AvgIpc) is 2.34. The van der Waals surface area contributed by atoms with Crippen LogP contribution in [-0.4, -0.2) is 37.6 Å². The van der Waals surface area contributed by atoms with Crippen LogP contribution in [0.5, 0.6) is 0 Å². The molecule has 96 valence electrons. The van der Waals surface area contributed by atoms with E-state index in [1.54, 1.807) is 12.1 Å². The smallest absolute Gasteiger partial charge is 0.123 e. The van der Waals surface area contributed by atoms with E-state index < -0.39 is 0 Å². The van der Waals surface area contributed by atoms with Gasteiger partial charge in [0.25, 0.3) is 0 Å². The Morgan fingerprint density at radius 3 is 2.59 bits per heavy atom. The van der Waals surface area contributed by atoms with Crippen molar-refractivity contribution in [3.05, 3.63) is 35.6 Å². The van der Waals surface area contributed by atoms with Crippen LogP contribution in [0.25, 0.3) is 0 Å². The largest absolute Gasteiger partial charge is 0.315 e. The molecule has 0 aliphatic heterocycles. The van der Waals surface area contributed by atoms with Crippen LogP contribution in [0.3, 0.4) is 0 Å². The number of nitrogens with one attached hydrogen (secondary N) is 1. The first kappa shape index (κ1) is 14.1. The van der Waals surface area contributed by atoms with Crippen molar-refractivity contribution in [3.63, 3.8) is 0 Å². The Labute approximate surface area is 104 Å². The number of halogens is 1. The number of rotatable bonds is 8. The molecule has 17 heavy (non-hydrogen) atoms. The van der Waals surface area contributed by atoms with E-state index >= 15 is 0 Å². The van der Waals surface area contributed by atoms with Crippen molar-refractivity contribution < 1.29 is 4.39 Å². The summed E-state index contributed by atoms with van der Waals surface area (Å²) in [7, 11) is 0. The van der Waals surface area contributed by atoms with Crippen LogP contribution in [0.15, 0.2) is 24.3 Å². The maximum Gasteiger partial charge on any atom is 0.123 e. The van der Waals surface area contributed by atoms with Crippen LogP contribution >= 0.6 is 0 Å². The van der Waals surface area contributed by atoms with Crippen molar-refractivity contribution in [2.75, 3.05) is 32.7 Å². The van der Waals surface area contributed by atoms with E-state index in [1.165, 1.54) is 6.07 Å². The number of hydrogen-bond donors (Lipinski definition) is 1. The molecule has 1 rings (SSSR count). The molecule has 1 aromatic carbocycles. The minimum absolute atomic E-state index is 0.148. The molecule has 1 aromatic rings. The molecule has 0 aromatic heterocycles. The fraction of sp³-hybridized carbons (Fsp3) is 0.571. The van der Waals surface area contributed by atoms with Gasteiger partial charge in [0.2, 0.25) is 0 Å². The zero-order valence-corrected chi connectivity index (χ0v) is 10.9. The van der Waals surface area contributed by atoms with Crippen molar-refractivity contribution in [3.8, 4) is 0 Å². The molecular formula is C14H23FN2. The van der Waals surface area contributed by atoms with E-state index in [2.05, 4.69) is 24.1 Å². The van der Waals surface area contributed by atoms with Crippen LogP contribution in [0, 0.1) is 5.82 Å². The van der Waals surface area contributed by atoms with Gasteiger partial charge in [-0.15, -0.1) is 0 Å². The first-order chi connectivity index (χ1) is 8.26. The van der Waals surface area contributed by atoms with Gasteiger partial charge in [-0.2, -0.15) is 0 Å². The van der Waals surface area contributed by atoms with Crippen LogP contribution in [0.2, 0.25) is 0 Å². The highest BCUT2D eigenvalue weighted by atomic mass is 19.1. The predicted molar refractivity (Wildman–Crippen MR) is 70.8 cm³/mol. The summed E-state index contributed by atoms with van der Waals surface area (Å²) in [6.45, 7) is 9.54. The maximum absolute atomic E-state index is 12.9. The third-order valence-electron chi connectivity index (χ3n) is 2.98. The van der Waals surface area contributed by atoms with Gasteiger partial charge in [-0.3, -0.25) is 0 Å². The van der Waals surface area contributed by atoms with Crippen molar-refractivity contribution in [1.82, 2.24) is 10.2 Å². The van der Waals surface area contributed by atoms with Gasteiger partial charge < -0.3 is 10.2 Å². The molecule has 0 bridgehead atoms. The Hall–Kier alpha value is -0.930. The summed E-state index contributed by atoms with van der Waals surface area (Å²) in [6, 6.07) is 6.82. The molecule has 0 fully saturated rings. The third-order valence-corrected chi connectivity index (χ3v) is 2.98. The molecular weight excluding hydrogens is 215 g/mol. The van der Waals surface area contributed by atoms with E-state index in [0.717, 1.165) is 44.7 Å². The van der Waals surface area contributed by atoms with Gasteiger partial charge in [0.1, 0.15) is 5.82 Å². The van der Waals surface area contributed by atoms with Crippen molar-refractivity contribution in [2.24, 2.45) is 0 Å². The summed E-state index contributed by atoms with van der Waals surface area (Å²) in [5.41, 5.74) is 1.06. The van der Waals surface area contributed by atoms with Crippen LogP contribution in [-0.2, 0) is 6.42 Å². The molecule has 1 N–H and O–H groups in total. The molecule has 3 heteroatoms. The van der Waals surface area contributed by atoms with Crippen LogP contribution in [0.1, 0.15) is 19.4 Å². The van der Waals surface area contributed by atoms with Crippen molar-refractivity contribution in [2.45, 2.75) is 20.3 Å². The summed E-state index contributed by atoms with van der Waals surface area (Å²) < 4.78 is 12.9.